The highest BCUT2D eigenvalue weighted by Crippen LogP contribution is 2.18. The third-order valence-electron chi connectivity index (χ3n) is 5.35. The highest BCUT2D eigenvalue weighted by atomic mass is 32.1. The van der Waals surface area contributed by atoms with Crippen LogP contribution in [0.25, 0.3) is 0 Å². The van der Waals surface area contributed by atoms with Crippen LogP contribution >= 0.6 is 11.3 Å². The molecule has 1 saturated heterocycles. The monoisotopic (exact) mass is 400 g/mol. The maximum absolute atomic E-state index is 12.8. The maximum atomic E-state index is 12.8. The summed E-state index contributed by atoms with van der Waals surface area (Å²) in [6, 6.07) is 8.06. The van der Waals surface area contributed by atoms with Crippen molar-refractivity contribution in [3.05, 3.63) is 45.9 Å². The average molecular weight is 401 g/mol. The van der Waals surface area contributed by atoms with Crippen molar-refractivity contribution in [2.24, 2.45) is 0 Å². The van der Waals surface area contributed by atoms with Gasteiger partial charge in [-0.05, 0) is 37.1 Å². The molecule has 2 aromatic rings. The van der Waals surface area contributed by atoms with Gasteiger partial charge < -0.3 is 9.80 Å². The molecule has 0 unspecified atom stereocenters. The second-order valence-electron chi connectivity index (χ2n) is 7.48. The molecule has 1 aliphatic heterocycles. The Kier molecular flexibility index (Phi) is 7.45. The minimum atomic E-state index is 0.143. The Morgan fingerprint density at radius 3 is 2.46 bits per heavy atom. The van der Waals surface area contributed by atoms with Crippen molar-refractivity contribution < 1.29 is 4.79 Å². The number of carbonyl (C=O) groups is 1. The first-order valence-electron chi connectivity index (χ1n) is 10.4. The summed E-state index contributed by atoms with van der Waals surface area (Å²) >= 11 is 1.74. The van der Waals surface area contributed by atoms with Gasteiger partial charge in [0.05, 0.1) is 10.7 Å². The Morgan fingerprint density at radius 1 is 1.14 bits per heavy atom. The Bertz CT molecular complexity index is 750. The van der Waals surface area contributed by atoms with Crippen LogP contribution in [0.5, 0.6) is 0 Å². The van der Waals surface area contributed by atoms with Crippen molar-refractivity contribution in [1.29, 1.82) is 0 Å². The zero-order valence-corrected chi connectivity index (χ0v) is 18.2. The minimum Gasteiger partial charge on any atom is -0.375 e. The predicted octanol–water partition coefficient (Wildman–Crippen LogP) is 3.90. The van der Waals surface area contributed by atoms with E-state index in [1.165, 1.54) is 23.5 Å². The van der Waals surface area contributed by atoms with Gasteiger partial charge in [-0.2, -0.15) is 0 Å². The first-order valence-corrected chi connectivity index (χ1v) is 11.2. The van der Waals surface area contributed by atoms with Crippen LogP contribution in [-0.2, 0) is 13.0 Å². The Labute approximate surface area is 173 Å². The lowest BCUT2D eigenvalue weighted by Crippen LogP contribution is -2.48. The van der Waals surface area contributed by atoms with Gasteiger partial charge in [-0.25, -0.2) is 4.98 Å². The van der Waals surface area contributed by atoms with Crippen molar-refractivity contribution >= 4 is 22.9 Å². The van der Waals surface area contributed by atoms with Crippen molar-refractivity contribution in [3.63, 3.8) is 0 Å². The fourth-order valence-electron chi connectivity index (χ4n) is 3.49. The zero-order chi connectivity index (χ0) is 19.9. The molecule has 0 saturated carbocycles. The minimum absolute atomic E-state index is 0.143. The van der Waals surface area contributed by atoms with Gasteiger partial charge in [0.2, 0.25) is 0 Å². The van der Waals surface area contributed by atoms with Crippen LogP contribution in [0.2, 0.25) is 0 Å². The van der Waals surface area contributed by atoms with E-state index in [1.807, 2.05) is 17.0 Å². The Hall–Kier alpha value is -1.92. The molecule has 1 fully saturated rings. The third-order valence-corrected chi connectivity index (χ3v) is 6.39. The lowest BCUT2D eigenvalue weighted by atomic mass is 10.1. The molecule has 0 atom stereocenters. The SMILES string of the molecule is CCCCN(C)c1ccc(C(=O)N2CCN(Cc3csc(CC)n3)CC2)cc1. The number of benzene rings is 1. The molecule has 6 heteroatoms. The number of carbonyl (C=O) groups excluding carboxylic acids is 1. The highest BCUT2D eigenvalue weighted by molar-refractivity contribution is 7.09. The fraction of sp³-hybridized carbons (Fsp3) is 0.545. The smallest absolute Gasteiger partial charge is 0.253 e. The average Bonchev–Trinajstić information content (AvgIpc) is 3.19. The van der Waals surface area contributed by atoms with E-state index < -0.39 is 0 Å². The molecule has 1 aromatic carbocycles. The number of anilines is 1. The van der Waals surface area contributed by atoms with Gasteiger partial charge in [0.1, 0.15) is 0 Å². The largest absolute Gasteiger partial charge is 0.375 e. The van der Waals surface area contributed by atoms with E-state index >= 15 is 0 Å². The number of rotatable bonds is 8. The molecule has 5 nitrogen and oxygen atoms in total. The lowest BCUT2D eigenvalue weighted by molar-refractivity contribution is 0.0627. The van der Waals surface area contributed by atoms with Gasteiger partial charge in [0, 0.05) is 62.9 Å². The fourth-order valence-corrected chi connectivity index (χ4v) is 4.22. The summed E-state index contributed by atoms with van der Waals surface area (Å²) < 4.78 is 0. The molecule has 152 valence electrons. The number of thiazole rings is 1. The van der Waals surface area contributed by atoms with Crippen LogP contribution in [0.4, 0.5) is 5.69 Å². The molecule has 0 spiro atoms. The Morgan fingerprint density at radius 2 is 1.86 bits per heavy atom. The summed E-state index contributed by atoms with van der Waals surface area (Å²) in [6.07, 6.45) is 3.37. The molecule has 0 radical (unpaired) electrons. The van der Waals surface area contributed by atoms with E-state index in [2.05, 4.69) is 53.2 Å². The Balaban J connectivity index is 1.50. The highest BCUT2D eigenvalue weighted by Gasteiger charge is 2.22. The summed E-state index contributed by atoms with van der Waals surface area (Å²) in [5, 5.41) is 3.36. The van der Waals surface area contributed by atoms with Gasteiger partial charge >= 0.3 is 0 Å². The quantitative estimate of drug-likeness (QED) is 0.674. The lowest BCUT2D eigenvalue weighted by Gasteiger charge is -2.34. The van der Waals surface area contributed by atoms with Crippen molar-refractivity contribution in [2.75, 3.05) is 44.7 Å². The van der Waals surface area contributed by atoms with Crippen LogP contribution in [-0.4, -0.2) is 60.5 Å². The first-order chi connectivity index (χ1) is 13.6. The molecule has 2 heterocycles. The van der Waals surface area contributed by atoms with E-state index in [0.29, 0.717) is 0 Å². The second-order valence-corrected chi connectivity index (χ2v) is 8.42. The maximum Gasteiger partial charge on any atom is 0.253 e. The summed E-state index contributed by atoms with van der Waals surface area (Å²) in [5.41, 5.74) is 3.11. The van der Waals surface area contributed by atoms with E-state index in [1.54, 1.807) is 11.3 Å². The van der Waals surface area contributed by atoms with Crippen LogP contribution in [0.1, 0.15) is 47.7 Å². The second kappa shape index (κ2) is 10.0. The van der Waals surface area contributed by atoms with Crippen LogP contribution in [0, 0.1) is 0 Å². The van der Waals surface area contributed by atoms with Gasteiger partial charge in [0.15, 0.2) is 0 Å². The molecular formula is C22H32N4OS. The molecule has 1 amide bonds. The molecule has 0 bridgehead atoms. The number of unbranched alkanes of at least 4 members (excludes halogenated alkanes) is 1. The first kappa shape index (κ1) is 20.8. The van der Waals surface area contributed by atoms with Crippen LogP contribution in [0.3, 0.4) is 0 Å². The molecule has 0 N–H and O–H groups in total. The van der Waals surface area contributed by atoms with E-state index in [-0.39, 0.29) is 5.91 Å². The third kappa shape index (κ3) is 5.32. The predicted molar refractivity (Wildman–Crippen MR) is 117 cm³/mol. The van der Waals surface area contributed by atoms with E-state index in [9.17, 15) is 4.79 Å². The van der Waals surface area contributed by atoms with Crippen molar-refractivity contribution in [1.82, 2.24) is 14.8 Å². The topological polar surface area (TPSA) is 39.7 Å². The number of nitrogens with zero attached hydrogens (tertiary/aromatic N) is 4. The standard InChI is InChI=1S/C22H32N4OS/c1-4-6-11-24(3)20-9-7-18(8-10-20)22(27)26-14-12-25(13-15-26)16-19-17-28-21(5-2)23-19/h7-10,17H,4-6,11-16H2,1-3H3. The van der Waals surface area contributed by atoms with Gasteiger partial charge in [-0.1, -0.05) is 20.3 Å². The van der Waals surface area contributed by atoms with E-state index in [4.69, 9.17) is 0 Å². The molecule has 1 aliphatic rings. The molecular weight excluding hydrogens is 368 g/mol. The van der Waals surface area contributed by atoms with Gasteiger partial charge in [-0.15, -0.1) is 11.3 Å². The molecule has 0 aliphatic carbocycles. The molecule has 3 rings (SSSR count). The van der Waals surface area contributed by atoms with Gasteiger partial charge in [0.25, 0.3) is 5.91 Å². The summed E-state index contributed by atoms with van der Waals surface area (Å²) in [6.45, 7) is 9.65. The summed E-state index contributed by atoms with van der Waals surface area (Å²) in [4.78, 5) is 24.1. The summed E-state index contributed by atoms with van der Waals surface area (Å²) in [5.74, 6) is 0.143. The number of piperazine rings is 1. The summed E-state index contributed by atoms with van der Waals surface area (Å²) in [7, 11) is 2.11. The number of hydrogen-bond acceptors (Lipinski definition) is 5. The van der Waals surface area contributed by atoms with Gasteiger partial charge in [-0.3, -0.25) is 9.69 Å². The van der Waals surface area contributed by atoms with Crippen molar-refractivity contribution in [3.8, 4) is 0 Å². The number of aryl methyl sites for hydroxylation is 1. The number of amides is 1. The van der Waals surface area contributed by atoms with Crippen LogP contribution in [0.15, 0.2) is 29.6 Å². The van der Waals surface area contributed by atoms with E-state index in [0.717, 1.165) is 56.9 Å². The zero-order valence-electron chi connectivity index (χ0n) is 17.4. The van der Waals surface area contributed by atoms with Crippen molar-refractivity contribution in [2.45, 2.75) is 39.7 Å². The number of aromatic nitrogens is 1. The van der Waals surface area contributed by atoms with Crippen LogP contribution < -0.4 is 4.90 Å². The normalized spacial score (nSPS) is 15.0. The molecule has 28 heavy (non-hydrogen) atoms. The number of hydrogen-bond donors (Lipinski definition) is 0. The molecule has 1 aromatic heterocycles.